The van der Waals surface area contributed by atoms with Crippen molar-refractivity contribution >= 4 is 29.1 Å². The van der Waals surface area contributed by atoms with Crippen molar-refractivity contribution in [2.45, 2.75) is 18.4 Å². The predicted octanol–water partition coefficient (Wildman–Crippen LogP) is 3.08. The van der Waals surface area contributed by atoms with Crippen LogP contribution in [0.5, 0.6) is 0 Å². The number of thiazole rings is 1. The Bertz CT molecular complexity index is 518. The second-order valence-electron chi connectivity index (χ2n) is 3.38. The first-order valence-corrected chi connectivity index (χ1v) is 6.88. The molecule has 2 aromatic rings. The van der Waals surface area contributed by atoms with Gasteiger partial charge in [-0.1, -0.05) is 11.8 Å². The van der Waals surface area contributed by atoms with Gasteiger partial charge in [0.15, 0.2) is 5.09 Å². The van der Waals surface area contributed by atoms with Crippen molar-refractivity contribution in [2.75, 3.05) is 5.75 Å². The molecule has 6 heteroatoms. The number of aryl methyl sites for hydroxylation is 2. The molecule has 2 aromatic heterocycles. The van der Waals surface area contributed by atoms with Crippen molar-refractivity contribution in [1.82, 2.24) is 4.98 Å². The number of hydrogen-bond acceptors (Lipinski definition) is 5. The van der Waals surface area contributed by atoms with Crippen LogP contribution in [0.2, 0.25) is 0 Å². The molecule has 0 saturated carbocycles. The van der Waals surface area contributed by atoms with Crippen LogP contribution in [0, 0.1) is 6.92 Å². The summed E-state index contributed by atoms with van der Waals surface area (Å²) in [6, 6.07) is 3.16. The van der Waals surface area contributed by atoms with E-state index in [-0.39, 0.29) is 5.76 Å². The summed E-state index contributed by atoms with van der Waals surface area (Å²) in [6.07, 6.45) is 0.921. The highest BCUT2D eigenvalue weighted by atomic mass is 32.2. The average molecular weight is 269 g/mol. The molecule has 2 heterocycles. The Kier molecular flexibility index (Phi) is 3.86. The molecule has 0 aliphatic heterocycles. The summed E-state index contributed by atoms with van der Waals surface area (Å²) in [5, 5.41) is 9.34. The predicted molar refractivity (Wildman–Crippen MR) is 66.9 cm³/mol. The monoisotopic (exact) mass is 269 g/mol. The largest absolute Gasteiger partial charge is 0.475 e. The lowest BCUT2D eigenvalue weighted by molar-refractivity contribution is 0.0656. The minimum Gasteiger partial charge on any atom is -0.475 e. The molecule has 0 bridgehead atoms. The van der Waals surface area contributed by atoms with Crippen LogP contribution < -0.4 is 0 Å². The minimum atomic E-state index is -1.03. The third-order valence-electron chi connectivity index (χ3n) is 2.21. The van der Waals surface area contributed by atoms with E-state index < -0.39 is 5.97 Å². The molecule has 0 saturated heterocycles. The van der Waals surface area contributed by atoms with E-state index in [4.69, 9.17) is 9.52 Å². The number of thioether (sulfide) groups is 1. The molecule has 2 rings (SSSR count). The number of furan rings is 1. The van der Waals surface area contributed by atoms with Gasteiger partial charge in [0, 0.05) is 10.6 Å². The van der Waals surface area contributed by atoms with E-state index in [0.717, 1.165) is 17.9 Å². The van der Waals surface area contributed by atoms with Crippen molar-refractivity contribution in [2.24, 2.45) is 0 Å². The fraction of sp³-hybridized carbons (Fsp3) is 0.273. The molecular formula is C11H11NO3S2. The number of nitrogens with zero attached hydrogens (tertiary/aromatic N) is 1. The van der Waals surface area contributed by atoms with Crippen LogP contribution in [0.4, 0.5) is 0 Å². The Morgan fingerprint density at radius 1 is 1.59 bits per heavy atom. The molecule has 90 valence electrons. The molecule has 0 fully saturated rings. The van der Waals surface area contributed by atoms with Gasteiger partial charge in [-0.25, -0.2) is 9.78 Å². The molecule has 0 aliphatic rings. The normalized spacial score (nSPS) is 10.6. The van der Waals surface area contributed by atoms with Gasteiger partial charge in [0.1, 0.15) is 0 Å². The van der Waals surface area contributed by atoms with E-state index in [0.29, 0.717) is 5.09 Å². The number of carboxylic acid groups (broad SMARTS) is 1. The summed E-state index contributed by atoms with van der Waals surface area (Å²) < 4.78 is 5.15. The zero-order valence-corrected chi connectivity index (χ0v) is 10.8. The maximum Gasteiger partial charge on any atom is 0.371 e. The lowest BCUT2D eigenvalue weighted by Crippen LogP contribution is -1.91. The van der Waals surface area contributed by atoms with Crippen molar-refractivity contribution < 1.29 is 14.3 Å². The molecule has 0 unspecified atom stereocenters. The molecule has 0 atom stereocenters. The van der Waals surface area contributed by atoms with Crippen LogP contribution >= 0.6 is 23.1 Å². The number of aromatic nitrogens is 1. The van der Waals surface area contributed by atoms with E-state index >= 15 is 0 Å². The minimum absolute atomic E-state index is 0.0125. The van der Waals surface area contributed by atoms with Crippen molar-refractivity contribution in [3.05, 3.63) is 34.0 Å². The first-order chi connectivity index (χ1) is 8.16. The van der Waals surface area contributed by atoms with Crippen LogP contribution in [0.25, 0.3) is 0 Å². The summed E-state index contributed by atoms with van der Waals surface area (Å²) in [4.78, 5) is 16.1. The van der Waals surface area contributed by atoms with Crippen molar-refractivity contribution in [3.8, 4) is 0 Å². The van der Waals surface area contributed by atoms with E-state index in [1.165, 1.54) is 22.7 Å². The molecule has 0 amide bonds. The van der Waals surface area contributed by atoms with E-state index in [2.05, 4.69) is 4.98 Å². The van der Waals surface area contributed by atoms with Gasteiger partial charge >= 0.3 is 5.97 Å². The highest BCUT2D eigenvalue weighted by Gasteiger charge is 2.09. The maximum absolute atomic E-state index is 10.6. The highest BCUT2D eigenvalue weighted by Crippen LogP contribution is 2.23. The second kappa shape index (κ2) is 5.37. The lowest BCUT2D eigenvalue weighted by atomic mass is 10.3. The topological polar surface area (TPSA) is 63.3 Å². The molecule has 0 radical (unpaired) electrons. The van der Waals surface area contributed by atoms with Crippen molar-refractivity contribution in [3.63, 3.8) is 0 Å². The first-order valence-electron chi connectivity index (χ1n) is 5.01. The van der Waals surface area contributed by atoms with Crippen LogP contribution in [0.3, 0.4) is 0 Å². The fourth-order valence-electron chi connectivity index (χ4n) is 1.32. The van der Waals surface area contributed by atoms with Crippen LogP contribution in [0.1, 0.15) is 21.1 Å². The van der Waals surface area contributed by atoms with Gasteiger partial charge in [-0.15, -0.1) is 11.3 Å². The van der Waals surface area contributed by atoms with Gasteiger partial charge < -0.3 is 9.52 Å². The van der Waals surface area contributed by atoms with Gasteiger partial charge in [0.25, 0.3) is 0 Å². The number of aromatic carboxylic acids is 1. The number of carboxylic acids is 1. The average Bonchev–Trinajstić information content (AvgIpc) is 2.89. The van der Waals surface area contributed by atoms with Crippen LogP contribution in [-0.4, -0.2) is 21.8 Å². The summed E-state index contributed by atoms with van der Waals surface area (Å²) in [5.74, 6) is -0.188. The molecule has 4 nitrogen and oxygen atoms in total. The lowest BCUT2D eigenvalue weighted by Gasteiger charge is -1.97. The van der Waals surface area contributed by atoms with E-state index in [9.17, 15) is 4.79 Å². The Morgan fingerprint density at radius 2 is 2.41 bits per heavy atom. The maximum atomic E-state index is 10.6. The van der Waals surface area contributed by atoms with E-state index in [1.54, 1.807) is 17.4 Å². The quantitative estimate of drug-likeness (QED) is 0.845. The Morgan fingerprint density at radius 3 is 3.00 bits per heavy atom. The smallest absolute Gasteiger partial charge is 0.371 e. The fourth-order valence-corrected chi connectivity index (χ4v) is 3.05. The molecule has 1 N–H and O–H groups in total. The van der Waals surface area contributed by atoms with E-state index in [1.807, 2.05) is 12.4 Å². The Balaban J connectivity index is 1.86. The zero-order valence-electron chi connectivity index (χ0n) is 9.17. The van der Waals surface area contributed by atoms with Crippen molar-refractivity contribution in [1.29, 1.82) is 0 Å². The van der Waals surface area contributed by atoms with Gasteiger partial charge in [-0.2, -0.15) is 0 Å². The molecular weight excluding hydrogens is 258 g/mol. The standard InChI is InChI=1S/C11H11NO3S2/c1-7-9(17-6-12-7)4-5-16-10-3-2-8(15-10)11(13)14/h2-3,6H,4-5H2,1H3,(H,13,14). The summed E-state index contributed by atoms with van der Waals surface area (Å²) >= 11 is 3.16. The molecule has 17 heavy (non-hydrogen) atoms. The van der Waals surface area contributed by atoms with Crippen LogP contribution in [-0.2, 0) is 6.42 Å². The zero-order chi connectivity index (χ0) is 12.3. The summed E-state index contributed by atoms with van der Waals surface area (Å²) in [5.41, 5.74) is 2.91. The number of carbonyl (C=O) groups is 1. The third-order valence-corrected chi connectivity index (χ3v) is 4.12. The SMILES string of the molecule is Cc1ncsc1CCSc1ccc(C(=O)O)o1. The third kappa shape index (κ3) is 3.10. The van der Waals surface area contributed by atoms with Gasteiger partial charge in [-0.05, 0) is 25.5 Å². The first kappa shape index (κ1) is 12.2. The summed E-state index contributed by atoms with van der Waals surface area (Å²) in [7, 11) is 0. The van der Waals surface area contributed by atoms with Gasteiger partial charge in [0.05, 0.1) is 11.2 Å². The molecule has 0 spiro atoms. The highest BCUT2D eigenvalue weighted by molar-refractivity contribution is 7.99. The van der Waals surface area contributed by atoms with Gasteiger partial charge in [0.2, 0.25) is 5.76 Å². The number of rotatable bonds is 5. The second-order valence-corrected chi connectivity index (χ2v) is 5.42. The Labute approximate surface area is 107 Å². The molecule has 0 aliphatic carbocycles. The van der Waals surface area contributed by atoms with Gasteiger partial charge in [-0.3, -0.25) is 0 Å². The molecule has 0 aromatic carbocycles. The van der Waals surface area contributed by atoms with Crippen LogP contribution in [0.15, 0.2) is 27.2 Å². The Hall–Kier alpha value is -1.27. The summed E-state index contributed by atoms with van der Waals surface area (Å²) in [6.45, 7) is 1.99. The number of hydrogen-bond donors (Lipinski definition) is 1.